The number of aryl methyl sites for hydroxylation is 1. The Labute approximate surface area is 83.3 Å². The molecule has 1 N–H and O–H groups in total. The van der Waals surface area contributed by atoms with Gasteiger partial charge in [-0.2, -0.15) is 0 Å². The highest BCUT2D eigenvalue weighted by molar-refractivity contribution is 5.36. The topological polar surface area (TPSA) is 41.2 Å². The second kappa shape index (κ2) is 2.98. The molecule has 0 aliphatic carbocycles. The number of aromatic amines is 1. The van der Waals surface area contributed by atoms with Crippen molar-refractivity contribution in [2.45, 2.75) is 31.9 Å². The van der Waals surface area contributed by atoms with Crippen LogP contribution in [-0.4, -0.2) is 35.3 Å². The van der Waals surface area contributed by atoms with Gasteiger partial charge in [0.1, 0.15) is 0 Å². The fourth-order valence-electron chi connectivity index (χ4n) is 2.33. The van der Waals surface area contributed by atoms with E-state index in [0.717, 1.165) is 25.5 Å². The van der Waals surface area contributed by atoms with E-state index in [4.69, 9.17) is 4.74 Å². The van der Waals surface area contributed by atoms with E-state index < -0.39 is 0 Å². The summed E-state index contributed by atoms with van der Waals surface area (Å²) in [5.41, 5.74) is 1.21. The van der Waals surface area contributed by atoms with Gasteiger partial charge in [0.15, 0.2) is 0 Å². The molecule has 0 aromatic carbocycles. The third-order valence-electron chi connectivity index (χ3n) is 3.17. The molecule has 2 saturated heterocycles. The number of nitrogens with zero attached hydrogens (tertiary/aromatic N) is 2. The Bertz CT molecular complexity index is 336. The number of imidazole rings is 1. The number of aromatic nitrogens is 2. The van der Waals surface area contributed by atoms with Gasteiger partial charge in [-0.25, -0.2) is 4.98 Å². The Morgan fingerprint density at radius 3 is 3.21 bits per heavy atom. The van der Waals surface area contributed by atoms with Crippen LogP contribution < -0.4 is 4.90 Å². The van der Waals surface area contributed by atoms with Crippen LogP contribution in [0.25, 0.3) is 0 Å². The van der Waals surface area contributed by atoms with Crippen LogP contribution in [0.15, 0.2) is 6.20 Å². The zero-order valence-corrected chi connectivity index (χ0v) is 8.36. The fourth-order valence-corrected chi connectivity index (χ4v) is 2.33. The van der Waals surface area contributed by atoms with Crippen LogP contribution in [0.3, 0.4) is 0 Å². The molecule has 2 atom stereocenters. The Morgan fingerprint density at radius 2 is 2.64 bits per heavy atom. The van der Waals surface area contributed by atoms with Gasteiger partial charge in [-0.05, 0) is 12.8 Å². The van der Waals surface area contributed by atoms with Crippen molar-refractivity contribution in [1.82, 2.24) is 9.97 Å². The van der Waals surface area contributed by atoms with E-state index in [9.17, 15) is 0 Å². The van der Waals surface area contributed by atoms with Crippen molar-refractivity contribution in [2.75, 3.05) is 18.1 Å². The first-order chi connectivity index (χ1) is 6.86. The zero-order chi connectivity index (χ0) is 9.54. The normalized spacial score (nSPS) is 30.2. The van der Waals surface area contributed by atoms with Crippen molar-refractivity contribution in [2.24, 2.45) is 0 Å². The molecular formula is C10H15N3O. The van der Waals surface area contributed by atoms with Crippen LogP contribution in [0, 0.1) is 0 Å². The summed E-state index contributed by atoms with van der Waals surface area (Å²) in [7, 11) is 0. The average molecular weight is 193 g/mol. The first-order valence-corrected chi connectivity index (χ1v) is 5.29. The molecule has 2 fully saturated rings. The van der Waals surface area contributed by atoms with Crippen LogP contribution in [-0.2, 0) is 11.2 Å². The lowest BCUT2D eigenvalue weighted by atomic mass is 10.2. The van der Waals surface area contributed by atoms with Crippen molar-refractivity contribution in [3.63, 3.8) is 0 Å². The van der Waals surface area contributed by atoms with Gasteiger partial charge in [0, 0.05) is 12.2 Å². The summed E-state index contributed by atoms with van der Waals surface area (Å²) in [6.07, 6.45) is 4.56. The van der Waals surface area contributed by atoms with E-state index in [2.05, 4.69) is 21.8 Å². The fraction of sp³-hybridized carbons (Fsp3) is 0.700. The number of ether oxygens (including phenoxy) is 1. The van der Waals surface area contributed by atoms with Crippen molar-refractivity contribution in [1.29, 1.82) is 0 Å². The molecule has 0 saturated carbocycles. The summed E-state index contributed by atoms with van der Waals surface area (Å²) in [6.45, 7) is 4.00. The minimum atomic E-state index is 0.440. The number of hydrogen-bond donors (Lipinski definition) is 1. The maximum absolute atomic E-state index is 5.55. The molecule has 4 nitrogen and oxygen atoms in total. The minimum absolute atomic E-state index is 0.440. The van der Waals surface area contributed by atoms with Gasteiger partial charge in [-0.15, -0.1) is 0 Å². The van der Waals surface area contributed by atoms with Crippen LogP contribution in [0.4, 0.5) is 5.95 Å². The zero-order valence-electron chi connectivity index (χ0n) is 8.36. The lowest BCUT2D eigenvalue weighted by Gasteiger charge is -2.26. The molecule has 2 unspecified atom stereocenters. The summed E-state index contributed by atoms with van der Waals surface area (Å²) < 4.78 is 5.55. The lowest BCUT2D eigenvalue weighted by Crippen LogP contribution is -2.37. The largest absolute Gasteiger partial charge is 0.374 e. The molecule has 76 valence electrons. The predicted octanol–water partition coefficient (Wildman–Crippen LogP) is 0.950. The number of morpholine rings is 1. The predicted molar refractivity (Wildman–Crippen MR) is 53.5 cm³/mol. The highest BCUT2D eigenvalue weighted by atomic mass is 16.5. The van der Waals surface area contributed by atoms with Gasteiger partial charge in [0.05, 0.1) is 24.9 Å². The van der Waals surface area contributed by atoms with Crippen molar-refractivity contribution >= 4 is 5.95 Å². The average Bonchev–Trinajstić information content (AvgIpc) is 2.93. The second-order valence-electron chi connectivity index (χ2n) is 4.08. The van der Waals surface area contributed by atoms with E-state index >= 15 is 0 Å². The quantitative estimate of drug-likeness (QED) is 0.760. The number of fused-ring (bicyclic) bond motifs is 2. The smallest absolute Gasteiger partial charge is 0.203 e. The number of rotatable bonds is 2. The highest BCUT2D eigenvalue weighted by Crippen LogP contribution is 2.30. The van der Waals surface area contributed by atoms with Gasteiger partial charge >= 0.3 is 0 Å². The SMILES string of the molecule is CCc1cnc(N2CC3CC2CO3)[nH]1. The summed E-state index contributed by atoms with van der Waals surface area (Å²) in [5.74, 6) is 1.03. The monoisotopic (exact) mass is 193 g/mol. The molecule has 3 rings (SSSR count). The molecule has 0 amide bonds. The van der Waals surface area contributed by atoms with Crippen LogP contribution in [0.2, 0.25) is 0 Å². The molecule has 3 heterocycles. The Balaban J connectivity index is 1.82. The second-order valence-corrected chi connectivity index (χ2v) is 4.08. The van der Waals surface area contributed by atoms with Crippen molar-refractivity contribution < 1.29 is 4.74 Å². The highest BCUT2D eigenvalue weighted by Gasteiger charge is 2.40. The molecule has 2 aliphatic heterocycles. The maximum Gasteiger partial charge on any atom is 0.203 e. The summed E-state index contributed by atoms with van der Waals surface area (Å²) in [4.78, 5) is 10.1. The van der Waals surface area contributed by atoms with Crippen LogP contribution >= 0.6 is 0 Å². The van der Waals surface area contributed by atoms with E-state index in [0.29, 0.717) is 12.1 Å². The van der Waals surface area contributed by atoms with E-state index in [1.165, 1.54) is 12.1 Å². The lowest BCUT2D eigenvalue weighted by molar-refractivity contribution is 0.0986. The summed E-state index contributed by atoms with van der Waals surface area (Å²) >= 11 is 0. The van der Waals surface area contributed by atoms with Crippen LogP contribution in [0.1, 0.15) is 19.0 Å². The van der Waals surface area contributed by atoms with E-state index in [-0.39, 0.29) is 0 Å². The molecule has 1 aromatic heterocycles. The Morgan fingerprint density at radius 1 is 1.71 bits per heavy atom. The number of anilines is 1. The first-order valence-electron chi connectivity index (χ1n) is 5.29. The molecule has 0 spiro atoms. The summed E-state index contributed by atoms with van der Waals surface area (Å²) in [6, 6.07) is 0.552. The first kappa shape index (κ1) is 8.29. The molecule has 14 heavy (non-hydrogen) atoms. The Kier molecular flexibility index (Phi) is 1.77. The van der Waals surface area contributed by atoms with Crippen molar-refractivity contribution in [3.8, 4) is 0 Å². The molecule has 1 aromatic rings. The Hall–Kier alpha value is -1.03. The number of nitrogens with one attached hydrogen (secondary N) is 1. The third kappa shape index (κ3) is 1.14. The van der Waals surface area contributed by atoms with Gasteiger partial charge in [0.25, 0.3) is 0 Å². The van der Waals surface area contributed by atoms with Gasteiger partial charge < -0.3 is 14.6 Å². The minimum Gasteiger partial charge on any atom is -0.374 e. The van der Waals surface area contributed by atoms with Gasteiger partial charge in [-0.1, -0.05) is 6.92 Å². The van der Waals surface area contributed by atoms with Gasteiger partial charge in [-0.3, -0.25) is 0 Å². The van der Waals surface area contributed by atoms with E-state index in [1.807, 2.05) is 6.20 Å². The summed E-state index contributed by atoms with van der Waals surface area (Å²) in [5, 5.41) is 0. The van der Waals surface area contributed by atoms with E-state index in [1.54, 1.807) is 0 Å². The van der Waals surface area contributed by atoms with Gasteiger partial charge in [0.2, 0.25) is 5.95 Å². The molecule has 0 radical (unpaired) electrons. The number of hydrogen-bond acceptors (Lipinski definition) is 3. The van der Waals surface area contributed by atoms with Crippen molar-refractivity contribution in [3.05, 3.63) is 11.9 Å². The third-order valence-corrected chi connectivity index (χ3v) is 3.17. The number of H-pyrrole nitrogens is 1. The molecular weight excluding hydrogens is 178 g/mol. The maximum atomic E-state index is 5.55. The van der Waals surface area contributed by atoms with Crippen LogP contribution in [0.5, 0.6) is 0 Å². The molecule has 2 bridgehead atoms. The molecule has 4 heteroatoms. The molecule has 2 aliphatic rings. The standard InChI is InChI=1S/C10H15N3O/c1-2-7-4-11-10(12-7)13-5-9-3-8(13)6-14-9/h4,8-9H,2-3,5-6H2,1H3,(H,11,12).